The lowest BCUT2D eigenvalue weighted by Gasteiger charge is -2.30. The molecular formula is C12H21NO3. The van der Waals surface area contributed by atoms with Gasteiger partial charge in [0.1, 0.15) is 6.04 Å². The van der Waals surface area contributed by atoms with Gasteiger partial charge in [-0.15, -0.1) is 0 Å². The van der Waals surface area contributed by atoms with Gasteiger partial charge in [0.25, 0.3) is 0 Å². The molecule has 2 aliphatic rings. The maximum Gasteiger partial charge on any atom is 0.320 e. The van der Waals surface area contributed by atoms with E-state index in [9.17, 15) is 4.79 Å². The van der Waals surface area contributed by atoms with Gasteiger partial charge >= 0.3 is 5.97 Å². The standard InChI is InChI=1S/C12H21NO3/c1-16-10-6-4-9(5-7-10)13-11(12(14)15)8-2-3-8/h8-11,13H,2-7H2,1H3,(H,14,15). The third kappa shape index (κ3) is 2.95. The van der Waals surface area contributed by atoms with Crippen LogP contribution >= 0.6 is 0 Å². The molecule has 0 aromatic heterocycles. The SMILES string of the molecule is COC1CCC(NC(C(=O)O)C2CC2)CC1. The first-order chi connectivity index (χ1) is 7.70. The summed E-state index contributed by atoms with van der Waals surface area (Å²) in [4.78, 5) is 11.1. The van der Waals surface area contributed by atoms with Crippen molar-refractivity contribution in [2.75, 3.05) is 7.11 Å². The molecule has 0 heterocycles. The summed E-state index contributed by atoms with van der Waals surface area (Å²) in [6.07, 6.45) is 6.68. The van der Waals surface area contributed by atoms with E-state index in [-0.39, 0.29) is 6.04 Å². The van der Waals surface area contributed by atoms with Crippen molar-refractivity contribution in [2.24, 2.45) is 5.92 Å². The van der Waals surface area contributed by atoms with Crippen molar-refractivity contribution in [2.45, 2.75) is 56.7 Å². The van der Waals surface area contributed by atoms with Gasteiger partial charge in [-0.3, -0.25) is 4.79 Å². The van der Waals surface area contributed by atoms with Crippen molar-refractivity contribution < 1.29 is 14.6 Å². The van der Waals surface area contributed by atoms with E-state index in [0.717, 1.165) is 38.5 Å². The zero-order valence-corrected chi connectivity index (χ0v) is 9.82. The normalized spacial score (nSPS) is 32.3. The summed E-state index contributed by atoms with van der Waals surface area (Å²) >= 11 is 0. The van der Waals surface area contributed by atoms with Crippen molar-refractivity contribution in [3.63, 3.8) is 0 Å². The van der Waals surface area contributed by atoms with Gasteiger partial charge in [0, 0.05) is 13.2 Å². The average molecular weight is 227 g/mol. The van der Waals surface area contributed by atoms with E-state index in [2.05, 4.69) is 5.32 Å². The Labute approximate surface area is 96.4 Å². The number of nitrogens with one attached hydrogen (secondary N) is 1. The number of hydrogen-bond acceptors (Lipinski definition) is 3. The Balaban J connectivity index is 1.78. The second-order valence-electron chi connectivity index (χ2n) is 5.03. The van der Waals surface area contributed by atoms with Gasteiger partial charge in [-0.2, -0.15) is 0 Å². The molecule has 0 bridgehead atoms. The van der Waals surface area contributed by atoms with E-state index >= 15 is 0 Å². The van der Waals surface area contributed by atoms with Gasteiger partial charge in [-0.25, -0.2) is 0 Å². The highest BCUT2D eigenvalue weighted by Crippen LogP contribution is 2.33. The maximum atomic E-state index is 11.1. The summed E-state index contributed by atoms with van der Waals surface area (Å²) in [6.45, 7) is 0. The van der Waals surface area contributed by atoms with Gasteiger partial charge in [-0.1, -0.05) is 0 Å². The second-order valence-corrected chi connectivity index (χ2v) is 5.03. The van der Waals surface area contributed by atoms with Crippen LogP contribution in [0.5, 0.6) is 0 Å². The predicted molar refractivity (Wildman–Crippen MR) is 60.3 cm³/mol. The van der Waals surface area contributed by atoms with Crippen molar-refractivity contribution >= 4 is 5.97 Å². The Morgan fingerprint density at radius 3 is 2.31 bits per heavy atom. The summed E-state index contributed by atoms with van der Waals surface area (Å²) in [5.41, 5.74) is 0. The van der Waals surface area contributed by atoms with E-state index in [0.29, 0.717) is 18.1 Å². The third-order valence-corrected chi connectivity index (χ3v) is 3.78. The Hall–Kier alpha value is -0.610. The highest BCUT2D eigenvalue weighted by molar-refractivity contribution is 5.74. The fourth-order valence-corrected chi connectivity index (χ4v) is 2.56. The number of carboxylic acid groups (broad SMARTS) is 1. The van der Waals surface area contributed by atoms with Gasteiger partial charge in [0.15, 0.2) is 0 Å². The molecule has 2 aliphatic carbocycles. The average Bonchev–Trinajstić information content (AvgIpc) is 3.10. The summed E-state index contributed by atoms with van der Waals surface area (Å²) < 4.78 is 5.31. The molecule has 4 nitrogen and oxygen atoms in total. The number of ether oxygens (including phenoxy) is 1. The zero-order chi connectivity index (χ0) is 11.5. The van der Waals surface area contributed by atoms with Gasteiger partial charge in [0.05, 0.1) is 6.10 Å². The van der Waals surface area contributed by atoms with Crippen molar-refractivity contribution in [1.82, 2.24) is 5.32 Å². The number of methoxy groups -OCH3 is 1. The van der Waals surface area contributed by atoms with Crippen LogP contribution in [0.4, 0.5) is 0 Å². The van der Waals surface area contributed by atoms with E-state index in [1.54, 1.807) is 7.11 Å². The molecule has 2 N–H and O–H groups in total. The van der Waals surface area contributed by atoms with Crippen LogP contribution in [0.15, 0.2) is 0 Å². The highest BCUT2D eigenvalue weighted by Gasteiger charge is 2.37. The van der Waals surface area contributed by atoms with Crippen molar-refractivity contribution in [3.05, 3.63) is 0 Å². The van der Waals surface area contributed by atoms with Crippen LogP contribution in [0.1, 0.15) is 38.5 Å². The van der Waals surface area contributed by atoms with Crippen LogP contribution in [0.25, 0.3) is 0 Å². The molecule has 92 valence electrons. The zero-order valence-electron chi connectivity index (χ0n) is 9.82. The second kappa shape index (κ2) is 5.15. The molecule has 2 fully saturated rings. The van der Waals surface area contributed by atoms with Crippen molar-refractivity contribution in [1.29, 1.82) is 0 Å². The largest absolute Gasteiger partial charge is 0.480 e. The predicted octanol–water partition coefficient (Wildman–Crippen LogP) is 1.40. The van der Waals surface area contributed by atoms with E-state index in [1.165, 1.54) is 0 Å². The number of hydrogen-bond donors (Lipinski definition) is 2. The first-order valence-electron chi connectivity index (χ1n) is 6.22. The van der Waals surface area contributed by atoms with Crippen LogP contribution in [-0.2, 0) is 9.53 Å². The van der Waals surface area contributed by atoms with E-state index in [4.69, 9.17) is 9.84 Å². The van der Waals surface area contributed by atoms with Crippen LogP contribution in [0.2, 0.25) is 0 Å². The third-order valence-electron chi connectivity index (χ3n) is 3.78. The maximum absolute atomic E-state index is 11.1. The molecule has 0 saturated heterocycles. The summed E-state index contributed by atoms with van der Waals surface area (Å²) in [5.74, 6) is -0.311. The van der Waals surface area contributed by atoms with E-state index in [1.807, 2.05) is 0 Å². The Morgan fingerprint density at radius 2 is 1.88 bits per heavy atom. The quantitative estimate of drug-likeness (QED) is 0.745. The lowest BCUT2D eigenvalue weighted by Crippen LogP contribution is -2.46. The molecule has 1 atom stereocenters. The molecule has 1 unspecified atom stereocenters. The minimum atomic E-state index is -0.684. The summed E-state index contributed by atoms with van der Waals surface area (Å²) in [7, 11) is 1.75. The molecule has 0 aromatic carbocycles. The fourth-order valence-electron chi connectivity index (χ4n) is 2.56. The lowest BCUT2D eigenvalue weighted by atomic mass is 9.92. The molecule has 2 rings (SSSR count). The Kier molecular flexibility index (Phi) is 3.82. The first kappa shape index (κ1) is 11.9. The number of rotatable bonds is 5. The lowest BCUT2D eigenvalue weighted by molar-refractivity contribution is -0.140. The fraction of sp³-hybridized carbons (Fsp3) is 0.917. The molecule has 16 heavy (non-hydrogen) atoms. The first-order valence-corrected chi connectivity index (χ1v) is 6.22. The van der Waals surface area contributed by atoms with Crippen LogP contribution in [-0.4, -0.2) is 36.4 Å². The minimum absolute atomic E-state index is 0.316. The molecule has 0 aliphatic heterocycles. The van der Waals surface area contributed by atoms with Crippen molar-refractivity contribution in [3.8, 4) is 0 Å². The van der Waals surface area contributed by atoms with Crippen LogP contribution in [0, 0.1) is 5.92 Å². The van der Waals surface area contributed by atoms with E-state index < -0.39 is 5.97 Å². The van der Waals surface area contributed by atoms with Gasteiger partial charge in [0.2, 0.25) is 0 Å². The summed E-state index contributed by atoms with van der Waals surface area (Å²) in [6, 6.07) is 0.0530. The van der Waals surface area contributed by atoms with Gasteiger partial charge < -0.3 is 15.2 Å². The van der Waals surface area contributed by atoms with Crippen LogP contribution in [0.3, 0.4) is 0 Å². The molecule has 0 aromatic rings. The van der Waals surface area contributed by atoms with Gasteiger partial charge in [-0.05, 0) is 44.4 Å². The molecule has 2 saturated carbocycles. The minimum Gasteiger partial charge on any atom is -0.480 e. The Bertz CT molecular complexity index is 245. The molecule has 0 radical (unpaired) electrons. The monoisotopic (exact) mass is 227 g/mol. The number of carboxylic acids is 1. The molecular weight excluding hydrogens is 206 g/mol. The molecule has 4 heteroatoms. The number of aliphatic carboxylic acids is 1. The topological polar surface area (TPSA) is 58.6 Å². The smallest absolute Gasteiger partial charge is 0.320 e. The molecule has 0 amide bonds. The molecule has 0 spiro atoms. The summed E-state index contributed by atoms with van der Waals surface area (Å²) in [5, 5.41) is 12.4. The highest BCUT2D eigenvalue weighted by atomic mass is 16.5. The number of carbonyl (C=O) groups is 1. The van der Waals surface area contributed by atoms with Crippen LogP contribution < -0.4 is 5.32 Å². The Morgan fingerprint density at radius 1 is 1.25 bits per heavy atom.